The Morgan fingerprint density at radius 2 is 1.06 bits per heavy atom. The summed E-state index contributed by atoms with van der Waals surface area (Å²) in [4.78, 5) is 0. The lowest BCUT2D eigenvalue weighted by Gasteiger charge is -2.36. The Morgan fingerprint density at radius 1 is 0.722 bits per heavy atom. The van der Waals surface area contributed by atoms with Crippen LogP contribution in [0.4, 0.5) is 0 Å². The molecule has 0 radical (unpaired) electrons. The first-order valence-corrected chi connectivity index (χ1v) is 14.0. The summed E-state index contributed by atoms with van der Waals surface area (Å²) in [6, 6.07) is 0. The predicted octanol–water partition coefficient (Wildman–Crippen LogP) is 4.56. The van der Waals surface area contributed by atoms with Gasteiger partial charge in [-0.3, -0.25) is 0 Å². The molecule has 18 heavy (non-hydrogen) atoms. The van der Waals surface area contributed by atoms with Crippen LogP contribution in [-0.4, -0.2) is 28.8 Å². The minimum Gasteiger partial charge on any atom is -0.412 e. The van der Waals surface area contributed by atoms with Gasteiger partial charge in [-0.15, -0.1) is 0 Å². The summed E-state index contributed by atoms with van der Waals surface area (Å²) in [5.41, 5.74) is 0. The summed E-state index contributed by atoms with van der Waals surface area (Å²) in [5, 5.41) is 0. The molecule has 0 heterocycles. The van der Waals surface area contributed by atoms with Crippen molar-refractivity contribution in [3.05, 3.63) is 12.2 Å². The molecule has 0 aromatic rings. The maximum atomic E-state index is 6.37. The Hall–Kier alpha value is 0.0938. The monoisotopic (exact) mass is 286 g/mol. The van der Waals surface area contributed by atoms with Crippen LogP contribution >= 0.6 is 0 Å². The molecule has 4 heteroatoms. The first-order chi connectivity index (χ1) is 8.17. The Labute approximate surface area is 115 Å². The lowest BCUT2D eigenvalue weighted by Crippen LogP contribution is -2.44. The lowest BCUT2D eigenvalue weighted by atomic mass is 10.0. The fraction of sp³-hybridized carbons (Fsp3) is 0.857. The van der Waals surface area contributed by atoms with E-state index in [1.54, 1.807) is 0 Å². The van der Waals surface area contributed by atoms with E-state index in [4.69, 9.17) is 8.85 Å². The van der Waals surface area contributed by atoms with Crippen LogP contribution in [0.2, 0.25) is 39.3 Å². The van der Waals surface area contributed by atoms with Gasteiger partial charge in [-0.05, 0) is 65.0 Å². The molecular weight excluding hydrogens is 256 g/mol. The second-order valence-electron chi connectivity index (χ2n) is 7.16. The van der Waals surface area contributed by atoms with Crippen LogP contribution in [0.3, 0.4) is 0 Å². The molecule has 0 aliphatic heterocycles. The molecule has 2 unspecified atom stereocenters. The summed E-state index contributed by atoms with van der Waals surface area (Å²) < 4.78 is 12.7. The highest BCUT2D eigenvalue weighted by molar-refractivity contribution is 6.70. The predicted molar refractivity (Wildman–Crippen MR) is 84.0 cm³/mol. The highest BCUT2D eigenvalue weighted by Gasteiger charge is 2.31. The number of allylic oxidation sites excluding steroid dienone is 2. The Kier molecular flexibility index (Phi) is 5.83. The number of rotatable bonds is 4. The average Bonchev–Trinajstić information content (AvgIpc) is 2.12. The van der Waals surface area contributed by atoms with Crippen LogP contribution < -0.4 is 0 Å². The van der Waals surface area contributed by atoms with Gasteiger partial charge < -0.3 is 8.85 Å². The Morgan fingerprint density at radius 3 is 1.33 bits per heavy atom. The molecule has 0 N–H and O–H groups in total. The number of hydrogen-bond acceptors (Lipinski definition) is 2. The third-order valence-electron chi connectivity index (χ3n) is 2.83. The van der Waals surface area contributed by atoms with E-state index in [-0.39, 0.29) is 0 Å². The van der Waals surface area contributed by atoms with Gasteiger partial charge in [0, 0.05) is 0 Å². The molecule has 0 fully saturated rings. The zero-order chi connectivity index (χ0) is 13.8. The molecular formula is C14H30O2Si2. The summed E-state index contributed by atoms with van der Waals surface area (Å²) in [7, 11) is -2.98. The molecule has 2 nitrogen and oxygen atoms in total. The summed E-state index contributed by atoms with van der Waals surface area (Å²) in [6.07, 6.45) is 9.66. The van der Waals surface area contributed by atoms with Gasteiger partial charge in [-0.1, -0.05) is 12.2 Å². The molecule has 0 amide bonds. The lowest BCUT2D eigenvalue weighted by molar-refractivity contribution is 0.0333. The van der Waals surface area contributed by atoms with Gasteiger partial charge in [-0.2, -0.15) is 0 Å². The van der Waals surface area contributed by atoms with E-state index in [9.17, 15) is 0 Å². The topological polar surface area (TPSA) is 18.5 Å². The minimum absolute atomic E-state index is 0.299. The van der Waals surface area contributed by atoms with Crippen molar-refractivity contribution in [3.63, 3.8) is 0 Å². The normalized spacial score (nSPS) is 26.8. The van der Waals surface area contributed by atoms with E-state index in [1.807, 2.05) is 0 Å². The van der Waals surface area contributed by atoms with Crippen LogP contribution in [0.1, 0.15) is 25.7 Å². The average molecular weight is 287 g/mol. The zero-order valence-corrected chi connectivity index (χ0v) is 15.0. The molecule has 106 valence electrons. The summed E-state index contributed by atoms with van der Waals surface area (Å²) in [6.45, 7) is 13.6. The summed E-state index contributed by atoms with van der Waals surface area (Å²) >= 11 is 0. The molecule has 1 rings (SSSR count). The fourth-order valence-electron chi connectivity index (χ4n) is 2.31. The van der Waals surface area contributed by atoms with E-state index in [0.717, 1.165) is 25.7 Å². The van der Waals surface area contributed by atoms with Gasteiger partial charge >= 0.3 is 0 Å². The van der Waals surface area contributed by atoms with Crippen molar-refractivity contribution >= 4 is 16.6 Å². The summed E-state index contributed by atoms with van der Waals surface area (Å²) in [5.74, 6) is 0. The highest BCUT2D eigenvalue weighted by Crippen LogP contribution is 2.25. The van der Waals surface area contributed by atoms with Crippen molar-refractivity contribution in [1.82, 2.24) is 0 Å². The zero-order valence-electron chi connectivity index (χ0n) is 13.0. The Bertz CT molecular complexity index is 248. The quantitative estimate of drug-likeness (QED) is 0.557. The molecule has 0 aromatic heterocycles. The SMILES string of the molecule is C[Si](C)(C)OC1CCC=CCCC1O[Si](C)(C)C. The van der Waals surface area contributed by atoms with Gasteiger partial charge in [0.15, 0.2) is 16.6 Å². The van der Waals surface area contributed by atoms with Crippen molar-refractivity contribution in [2.24, 2.45) is 0 Å². The van der Waals surface area contributed by atoms with E-state index in [1.165, 1.54) is 0 Å². The van der Waals surface area contributed by atoms with Crippen LogP contribution in [0.25, 0.3) is 0 Å². The Balaban J connectivity index is 2.73. The van der Waals surface area contributed by atoms with Crippen molar-refractivity contribution in [3.8, 4) is 0 Å². The van der Waals surface area contributed by atoms with Crippen molar-refractivity contribution in [2.45, 2.75) is 77.2 Å². The van der Waals surface area contributed by atoms with Crippen molar-refractivity contribution in [2.75, 3.05) is 0 Å². The molecule has 1 aliphatic rings. The van der Waals surface area contributed by atoms with Crippen molar-refractivity contribution in [1.29, 1.82) is 0 Å². The molecule has 2 atom stereocenters. The molecule has 0 aromatic carbocycles. The molecule has 1 aliphatic carbocycles. The van der Waals surface area contributed by atoms with E-state index in [2.05, 4.69) is 51.4 Å². The van der Waals surface area contributed by atoms with Gasteiger partial charge in [0.2, 0.25) is 0 Å². The van der Waals surface area contributed by atoms with E-state index >= 15 is 0 Å². The van der Waals surface area contributed by atoms with Crippen LogP contribution in [0.15, 0.2) is 12.2 Å². The minimum atomic E-state index is -1.49. The van der Waals surface area contributed by atoms with Gasteiger partial charge in [-0.25, -0.2) is 0 Å². The number of hydrogen-bond donors (Lipinski definition) is 0. The molecule has 0 saturated heterocycles. The van der Waals surface area contributed by atoms with Gasteiger partial charge in [0.1, 0.15) is 0 Å². The van der Waals surface area contributed by atoms with E-state index < -0.39 is 16.6 Å². The standard InChI is InChI=1S/C14H30O2Si2/c1-17(2,3)15-13-11-9-7-8-10-12-14(13)16-18(4,5)6/h7-8,13-14H,9-12H2,1-6H3. The molecule has 0 bridgehead atoms. The highest BCUT2D eigenvalue weighted by atomic mass is 28.4. The van der Waals surface area contributed by atoms with Gasteiger partial charge in [0.05, 0.1) is 12.2 Å². The first-order valence-electron chi connectivity index (χ1n) is 7.18. The smallest absolute Gasteiger partial charge is 0.184 e. The maximum Gasteiger partial charge on any atom is 0.184 e. The fourth-order valence-corrected chi connectivity index (χ4v) is 4.66. The third kappa shape index (κ3) is 6.87. The van der Waals surface area contributed by atoms with E-state index in [0.29, 0.717) is 12.2 Å². The van der Waals surface area contributed by atoms with Gasteiger partial charge in [0.25, 0.3) is 0 Å². The van der Waals surface area contributed by atoms with Crippen LogP contribution in [0, 0.1) is 0 Å². The maximum absolute atomic E-state index is 6.37. The first kappa shape index (κ1) is 16.1. The second-order valence-corrected chi connectivity index (χ2v) is 16.1. The molecule has 0 saturated carbocycles. The largest absolute Gasteiger partial charge is 0.412 e. The second kappa shape index (κ2) is 6.50. The van der Waals surface area contributed by atoms with Crippen molar-refractivity contribution < 1.29 is 8.85 Å². The van der Waals surface area contributed by atoms with Crippen LogP contribution in [0.5, 0.6) is 0 Å². The third-order valence-corrected chi connectivity index (χ3v) is 4.85. The van der Waals surface area contributed by atoms with Crippen LogP contribution in [-0.2, 0) is 8.85 Å². The molecule has 0 spiro atoms.